The molecular weight excluding hydrogens is 1130 g/mol. The van der Waals surface area contributed by atoms with Crippen LogP contribution in [0.15, 0.2) is 77.3 Å². The topological polar surface area (TPSA) is 192 Å². The Balaban J connectivity index is 0.749. The molecule has 0 bridgehead atoms. The van der Waals surface area contributed by atoms with E-state index in [1.165, 1.54) is 23.2 Å². The normalized spacial score (nSPS) is 19.4. The second-order valence-corrected chi connectivity index (χ2v) is 25.8. The molecule has 0 saturated carbocycles. The summed E-state index contributed by atoms with van der Waals surface area (Å²) in [6, 6.07) is 14.0. The van der Waals surface area contributed by atoms with Gasteiger partial charge in [0.15, 0.2) is 5.78 Å². The average molecular weight is 1210 g/mol. The molecule has 3 N–H and O–H groups in total. The highest BCUT2D eigenvalue weighted by atomic mass is 32.1. The minimum absolute atomic E-state index is 0.0182. The molecule has 0 unspecified atom stereocenters. The number of H-pyrrole nitrogens is 1. The summed E-state index contributed by atoms with van der Waals surface area (Å²) in [6.07, 6.45) is 3.90. The first kappa shape index (κ1) is 65.1. The van der Waals surface area contributed by atoms with Gasteiger partial charge >= 0.3 is 6.18 Å². The summed E-state index contributed by atoms with van der Waals surface area (Å²) in [7, 11) is 1.98. The van der Waals surface area contributed by atoms with Gasteiger partial charge in [0.1, 0.15) is 17.4 Å². The third-order valence-corrected chi connectivity index (χ3v) is 18.6. The third kappa shape index (κ3) is 16.2. The fourth-order valence-corrected chi connectivity index (χ4v) is 13.0. The van der Waals surface area contributed by atoms with Gasteiger partial charge in [-0.1, -0.05) is 84.1 Å². The van der Waals surface area contributed by atoms with Gasteiger partial charge in [-0.05, 0) is 87.4 Å². The summed E-state index contributed by atoms with van der Waals surface area (Å²) < 4.78 is 58.3. The van der Waals surface area contributed by atoms with E-state index >= 15 is 4.39 Å². The number of likely N-dealkylation sites (N-methyl/N-ethyl adjacent to an activating group) is 1. The zero-order chi connectivity index (χ0) is 62.2. The highest BCUT2D eigenvalue weighted by Gasteiger charge is 2.45. The molecule has 86 heavy (non-hydrogen) atoms. The molecule has 16 nitrogen and oxygen atoms in total. The zero-order valence-corrected chi connectivity index (χ0v) is 51.6. The number of aromatic amines is 1. The molecule has 6 atom stereocenters. The number of piperazine rings is 2. The Kier molecular flexibility index (Phi) is 21.5. The molecule has 8 rings (SSSR count). The number of aliphatic hydroxyl groups is 1. The van der Waals surface area contributed by atoms with Gasteiger partial charge in [-0.15, -0.1) is 11.3 Å². The van der Waals surface area contributed by atoms with Crippen LogP contribution in [0.3, 0.4) is 0 Å². The van der Waals surface area contributed by atoms with E-state index in [0.29, 0.717) is 81.7 Å². The molecule has 0 spiro atoms. The molecule has 5 aromatic rings. The predicted molar refractivity (Wildman–Crippen MR) is 328 cm³/mol. The second kappa shape index (κ2) is 28.3. The van der Waals surface area contributed by atoms with E-state index < -0.39 is 58.1 Å². The number of aromatic nitrogens is 3. The number of benzene rings is 2. The average Bonchev–Trinajstić information content (AvgIpc) is 1.99. The van der Waals surface area contributed by atoms with E-state index in [0.717, 1.165) is 66.4 Å². The van der Waals surface area contributed by atoms with E-state index in [9.17, 15) is 47.0 Å². The van der Waals surface area contributed by atoms with Crippen molar-refractivity contribution in [2.45, 2.75) is 162 Å². The van der Waals surface area contributed by atoms with Crippen molar-refractivity contribution in [2.75, 3.05) is 68.0 Å². The lowest BCUT2D eigenvalue weighted by Gasteiger charge is -2.44. The van der Waals surface area contributed by atoms with Gasteiger partial charge in [-0.2, -0.15) is 13.2 Å². The number of hydrogen-bond acceptors (Lipinski definition) is 13. The van der Waals surface area contributed by atoms with Gasteiger partial charge < -0.3 is 35.0 Å². The van der Waals surface area contributed by atoms with Gasteiger partial charge in [-0.25, -0.2) is 14.4 Å². The molecule has 0 radical (unpaired) electrons. The zero-order valence-electron chi connectivity index (χ0n) is 50.8. The Labute approximate surface area is 505 Å². The molecule has 21 heteroatoms. The van der Waals surface area contributed by atoms with Crippen LogP contribution in [0.25, 0.3) is 21.6 Å². The van der Waals surface area contributed by atoms with E-state index in [4.69, 9.17) is 0 Å². The summed E-state index contributed by atoms with van der Waals surface area (Å²) in [5.74, 6) is -2.06. The van der Waals surface area contributed by atoms with E-state index in [1.807, 2.05) is 100.0 Å². The monoisotopic (exact) mass is 1210 g/mol. The lowest BCUT2D eigenvalue weighted by atomic mass is 9.76. The van der Waals surface area contributed by atoms with Crippen LogP contribution >= 0.6 is 11.3 Å². The lowest BCUT2D eigenvalue weighted by Crippen LogP contribution is -2.55. The maximum atomic E-state index is 16.2. The number of β-amino-alcohol motifs (C(OH)–C–C–N with tert-alkyl or cyclic N) is 1. The number of thiazole rings is 1. The van der Waals surface area contributed by atoms with Crippen LogP contribution in [0.2, 0.25) is 0 Å². The third-order valence-electron chi connectivity index (χ3n) is 17.6. The number of hydrogen-bond donors (Lipinski definition) is 3. The highest BCUT2D eigenvalue weighted by Crippen LogP contribution is 2.39. The number of nitrogens with zero attached hydrogens (tertiary/aromatic N) is 7. The molecular formula is C65H83F4N9O7S. The molecule has 6 heterocycles. The molecule has 3 fully saturated rings. The van der Waals surface area contributed by atoms with Crippen molar-refractivity contribution < 1.29 is 46.6 Å². The second-order valence-electron chi connectivity index (χ2n) is 25.0. The number of aryl methyl sites for hydroxylation is 1. The summed E-state index contributed by atoms with van der Waals surface area (Å²) in [6.45, 7) is 16.9. The number of pyridine rings is 2. The van der Waals surface area contributed by atoms with E-state index in [1.54, 1.807) is 23.5 Å². The van der Waals surface area contributed by atoms with Crippen LogP contribution in [0.1, 0.15) is 152 Å². The number of unbranched alkanes of at least 4 members (excludes halogenated alkanes) is 6. The Morgan fingerprint density at radius 1 is 0.814 bits per heavy atom. The number of amides is 3. The van der Waals surface area contributed by atoms with Crippen molar-refractivity contribution in [3.63, 3.8) is 0 Å². The number of Topliss-reactive ketones (excluding diaryl/α,β-unsaturated/α-hetero) is 2. The van der Waals surface area contributed by atoms with Crippen LogP contribution in [-0.2, 0) is 25.4 Å². The van der Waals surface area contributed by atoms with Crippen LogP contribution < -0.4 is 20.7 Å². The van der Waals surface area contributed by atoms with E-state index in [2.05, 4.69) is 25.2 Å². The Bertz CT molecular complexity index is 3240. The van der Waals surface area contributed by atoms with Crippen molar-refractivity contribution >= 4 is 57.8 Å². The van der Waals surface area contributed by atoms with Crippen molar-refractivity contribution in [3.05, 3.63) is 111 Å². The molecule has 0 aliphatic carbocycles. The summed E-state index contributed by atoms with van der Waals surface area (Å²) in [5, 5.41) is 13.3. The molecule has 3 amide bonds. The molecule has 3 aliphatic heterocycles. The van der Waals surface area contributed by atoms with Crippen molar-refractivity contribution in [2.24, 2.45) is 11.3 Å². The summed E-state index contributed by atoms with van der Waals surface area (Å²) >= 11 is 1.59. The van der Waals surface area contributed by atoms with Crippen molar-refractivity contribution in [1.29, 1.82) is 0 Å². The minimum atomic E-state index is -4.99. The number of ketones is 2. The first-order chi connectivity index (χ1) is 40.8. The van der Waals surface area contributed by atoms with Gasteiger partial charge in [0.25, 0.3) is 5.91 Å². The standard InChI is InChI=1S/C65H83F4N9O7S/c1-40(44-18-20-45(21-19-44)61-43(4)72-39-86-61)28-57(81)56-30-48(80)38-78(56)63(85)52(64(5,6)7)29-47(79)16-14-12-10-9-11-13-15-17-60(83)76-26-24-75(25-27-76)58-23-22-46(34-70-58)49-31-54(55(33-53(49)66)77-36-41(2)74(8)42(3)37-77)73-62(84)50-35-71-59(82)32-51(50)65(67,68)69/h18-23,31-35,39-42,48,52,56,80H,9-17,24-30,36-38H2,1-8H3,(H,71,82)(H,73,84)/t40-,41-,42+,48-,52-,56+/m1/s1. The van der Waals surface area contributed by atoms with Crippen molar-refractivity contribution in [3.8, 4) is 21.6 Å². The van der Waals surface area contributed by atoms with Crippen LogP contribution in [0.4, 0.5) is 34.8 Å². The van der Waals surface area contributed by atoms with Gasteiger partial charge in [0.2, 0.25) is 17.4 Å². The quantitative estimate of drug-likeness (QED) is 0.0415. The van der Waals surface area contributed by atoms with E-state index in [-0.39, 0.29) is 78.4 Å². The van der Waals surface area contributed by atoms with Gasteiger partial charge in [-0.3, -0.25) is 33.7 Å². The minimum Gasteiger partial charge on any atom is -0.391 e. The molecule has 2 aromatic carbocycles. The first-order valence-corrected chi connectivity index (χ1v) is 31.1. The maximum Gasteiger partial charge on any atom is 0.417 e. The highest BCUT2D eigenvalue weighted by molar-refractivity contribution is 7.13. The Morgan fingerprint density at radius 2 is 1.45 bits per heavy atom. The number of carbonyl (C=O) groups excluding carboxylic acids is 5. The first-order valence-electron chi connectivity index (χ1n) is 30.2. The lowest BCUT2D eigenvalue weighted by molar-refractivity contribution is -0.146. The van der Waals surface area contributed by atoms with Crippen LogP contribution in [0.5, 0.6) is 0 Å². The summed E-state index contributed by atoms with van der Waals surface area (Å²) in [5.41, 5.74) is 2.00. The Hall–Kier alpha value is -6.84. The number of alkyl halides is 3. The number of likely N-dealkylation sites (tertiary alicyclic amines) is 1. The Morgan fingerprint density at radius 3 is 2.06 bits per heavy atom. The molecule has 464 valence electrons. The largest absolute Gasteiger partial charge is 0.417 e. The summed E-state index contributed by atoms with van der Waals surface area (Å²) in [4.78, 5) is 102. The maximum absolute atomic E-state index is 16.2. The SMILES string of the molecule is Cc1ncsc1-c1ccc([C@H](C)CC(=O)[C@@H]2C[C@@H](O)CN2C(=O)[C@@H](CC(=O)CCCCCCCCCC(=O)N2CCN(c3ccc(-c4cc(NC(=O)c5c[nH]c(=O)cc5C(F)(F)F)c(N5C[C@@H](C)N(C)[C@@H](C)C5)cc4F)cn3)CC2)C(C)(C)C)cc1. The van der Waals surface area contributed by atoms with Crippen LogP contribution in [-0.4, -0.2) is 141 Å². The number of nitrogens with one attached hydrogen (secondary N) is 2. The molecule has 3 saturated heterocycles. The smallest absolute Gasteiger partial charge is 0.391 e. The number of rotatable bonds is 23. The number of anilines is 3. The molecule has 3 aliphatic rings. The van der Waals surface area contributed by atoms with Gasteiger partial charge in [0, 0.05) is 126 Å². The number of halogens is 4. The number of carbonyl (C=O) groups is 5. The number of aliphatic hydroxyl groups excluding tert-OH is 1. The predicted octanol–water partition coefficient (Wildman–Crippen LogP) is 11.3. The van der Waals surface area contributed by atoms with Crippen molar-refractivity contribution in [1.82, 2.24) is 29.7 Å². The molecule has 3 aromatic heterocycles. The fourth-order valence-electron chi connectivity index (χ4n) is 12.1. The fraction of sp³-hybridized carbons (Fsp3) is 0.538. The van der Waals surface area contributed by atoms with Gasteiger partial charge in [0.05, 0.1) is 50.7 Å². The van der Waals surface area contributed by atoms with Crippen LogP contribution in [0, 0.1) is 24.1 Å².